The number of nitrogens with one attached hydrogen (secondary N) is 2. The van der Waals surface area contributed by atoms with Gasteiger partial charge in [-0.1, -0.05) is 71.4 Å². The van der Waals surface area contributed by atoms with E-state index in [4.69, 9.17) is 62.2 Å². The molecule has 1 aliphatic heterocycles. The average molecular weight is 583 g/mol. The molecule has 4 atom stereocenters. The zero-order valence-corrected chi connectivity index (χ0v) is 21.9. The molecule has 10 nitrogen and oxygen atoms in total. The molecule has 1 heterocycles. The Labute approximate surface area is 219 Å². The number of alkyl halides is 3. The molecular weight excluding hydrogens is 561 g/mol. The van der Waals surface area contributed by atoms with E-state index in [1.165, 1.54) is 36.5 Å². The first-order chi connectivity index (χ1) is 15.4. The van der Waals surface area contributed by atoms with Gasteiger partial charge in [0, 0.05) is 12.3 Å². The summed E-state index contributed by atoms with van der Waals surface area (Å²) in [5.41, 5.74) is 5.50. The van der Waals surface area contributed by atoms with Gasteiger partial charge in [0.05, 0.1) is 5.37 Å². The van der Waals surface area contributed by atoms with Crippen molar-refractivity contribution in [1.29, 1.82) is 0 Å². The molecule has 0 saturated carbocycles. The molecule has 0 aromatic carbocycles. The minimum atomic E-state index is -1.78. The topological polar surface area (TPSA) is 146 Å². The molecule has 0 aliphatic carbocycles. The number of hydrogen-bond acceptors (Lipinski definition) is 11. The van der Waals surface area contributed by atoms with E-state index in [-0.39, 0.29) is 19.1 Å². The fraction of sp³-hybridized carbons (Fsp3) is 0.588. The Morgan fingerprint density at radius 1 is 1.36 bits per heavy atom. The van der Waals surface area contributed by atoms with Crippen LogP contribution in [0.15, 0.2) is 12.7 Å². The maximum Gasteiger partial charge on any atom is 0.508 e. The second kappa shape index (κ2) is 14.4. The fourth-order valence-corrected chi connectivity index (χ4v) is 5.03. The number of halogens is 3. The maximum atomic E-state index is 11.9. The van der Waals surface area contributed by atoms with Crippen molar-refractivity contribution in [3.8, 4) is 0 Å². The van der Waals surface area contributed by atoms with Crippen molar-refractivity contribution >= 4 is 98.0 Å². The van der Waals surface area contributed by atoms with Gasteiger partial charge in [0.1, 0.15) is 28.8 Å². The third-order valence-electron chi connectivity index (χ3n) is 3.78. The highest BCUT2D eigenvalue weighted by atomic mass is 35.6. The molecule has 186 valence electrons. The standard InChI is InChI=1S/C17H22Cl3N3O7S3/c1-3-5-28-14(26)10(21)12(25)22-4-6-32-16(31)33-13-9(11(24)23-13)8(2)30-15(27)29-7-17(18,19)20/h3,8-10,13H,1,4-7,21H2,2H3,(H,22,25)(H,23,24)/t8?,9-,10?,13-/m1/s1. The highest BCUT2D eigenvalue weighted by Crippen LogP contribution is 2.34. The molecule has 0 aromatic rings. The lowest BCUT2D eigenvalue weighted by Crippen LogP contribution is -2.61. The van der Waals surface area contributed by atoms with Crippen LogP contribution in [-0.4, -0.2) is 74.3 Å². The Morgan fingerprint density at radius 2 is 2.03 bits per heavy atom. The zero-order chi connectivity index (χ0) is 25.2. The number of carbonyl (C=O) groups excluding carboxylic acids is 4. The number of nitrogens with two attached hydrogens (primary N) is 1. The van der Waals surface area contributed by atoms with Crippen LogP contribution in [0.2, 0.25) is 0 Å². The monoisotopic (exact) mass is 581 g/mol. The van der Waals surface area contributed by atoms with Gasteiger partial charge in [0.15, 0.2) is 6.04 Å². The molecule has 1 aliphatic rings. The van der Waals surface area contributed by atoms with Crippen molar-refractivity contribution in [2.75, 3.05) is 25.5 Å². The van der Waals surface area contributed by atoms with Gasteiger partial charge in [-0.2, -0.15) is 0 Å². The van der Waals surface area contributed by atoms with Crippen LogP contribution in [0.3, 0.4) is 0 Å². The van der Waals surface area contributed by atoms with Gasteiger partial charge in [-0.05, 0) is 6.92 Å². The average Bonchev–Trinajstić information content (AvgIpc) is 2.71. The van der Waals surface area contributed by atoms with Crippen molar-refractivity contribution in [1.82, 2.24) is 10.6 Å². The lowest BCUT2D eigenvalue weighted by Gasteiger charge is -2.38. The fourth-order valence-electron chi connectivity index (χ4n) is 2.22. The number of ether oxygens (including phenoxy) is 3. The van der Waals surface area contributed by atoms with Gasteiger partial charge in [-0.15, -0.1) is 11.8 Å². The summed E-state index contributed by atoms with van der Waals surface area (Å²) in [6.07, 6.45) is -0.525. The van der Waals surface area contributed by atoms with Gasteiger partial charge in [-0.25, -0.2) is 9.59 Å². The zero-order valence-electron chi connectivity index (χ0n) is 17.2. The Morgan fingerprint density at radius 3 is 2.61 bits per heavy atom. The number of carbonyl (C=O) groups is 4. The Kier molecular flexibility index (Phi) is 13.2. The molecule has 2 amide bonds. The number of β-lactam (4-membered cyclic amide) rings is 1. The minimum absolute atomic E-state index is 0.0420. The quantitative estimate of drug-likeness (QED) is 0.0624. The van der Waals surface area contributed by atoms with Gasteiger partial charge in [0.25, 0.3) is 0 Å². The van der Waals surface area contributed by atoms with Gasteiger partial charge in [-0.3, -0.25) is 9.59 Å². The molecule has 4 N–H and O–H groups in total. The van der Waals surface area contributed by atoms with Crippen molar-refractivity contribution in [3.05, 3.63) is 12.7 Å². The van der Waals surface area contributed by atoms with Crippen LogP contribution in [0.1, 0.15) is 6.92 Å². The van der Waals surface area contributed by atoms with Crippen molar-refractivity contribution < 1.29 is 33.4 Å². The molecule has 0 spiro atoms. The normalized spacial score (nSPS) is 19.2. The minimum Gasteiger partial charge on any atom is -0.460 e. The molecule has 0 radical (unpaired) electrons. The SMILES string of the molecule is C=CCOC(=O)C(N)C(=O)NCCSC(=S)S[C@H]1NC(=O)[C@H]1C(C)OC(=O)OCC(Cl)(Cl)Cl. The molecule has 0 aromatic heterocycles. The van der Waals surface area contributed by atoms with Crippen LogP contribution < -0.4 is 16.4 Å². The summed E-state index contributed by atoms with van der Waals surface area (Å²) in [5, 5.41) is 4.75. The van der Waals surface area contributed by atoms with E-state index in [1.807, 2.05) is 0 Å². The molecule has 16 heteroatoms. The predicted octanol–water partition coefficient (Wildman–Crippen LogP) is 1.89. The van der Waals surface area contributed by atoms with Gasteiger partial charge < -0.3 is 30.6 Å². The smallest absolute Gasteiger partial charge is 0.460 e. The molecule has 33 heavy (non-hydrogen) atoms. The van der Waals surface area contributed by atoms with Crippen molar-refractivity contribution in [3.63, 3.8) is 0 Å². The first kappa shape index (κ1) is 30.1. The lowest BCUT2D eigenvalue weighted by molar-refractivity contribution is -0.147. The van der Waals surface area contributed by atoms with Crippen LogP contribution in [0.5, 0.6) is 0 Å². The number of rotatable bonds is 11. The molecule has 1 rings (SSSR count). The highest BCUT2D eigenvalue weighted by Gasteiger charge is 2.46. The lowest BCUT2D eigenvalue weighted by atomic mass is 9.96. The Hall–Kier alpha value is -0.960. The van der Waals surface area contributed by atoms with E-state index in [9.17, 15) is 19.2 Å². The van der Waals surface area contributed by atoms with Crippen LogP contribution >= 0.6 is 70.5 Å². The third-order valence-corrected chi connectivity index (χ3v) is 6.89. The third kappa shape index (κ3) is 11.3. The second-order valence-corrected chi connectivity index (χ2v) is 12.3. The van der Waals surface area contributed by atoms with Gasteiger partial charge in [0.2, 0.25) is 15.6 Å². The largest absolute Gasteiger partial charge is 0.508 e. The number of hydrogen-bond donors (Lipinski definition) is 3. The van der Waals surface area contributed by atoms with E-state index < -0.39 is 51.9 Å². The Bertz CT molecular complexity index is 770. The second-order valence-electron chi connectivity index (χ2n) is 6.34. The van der Waals surface area contributed by atoms with E-state index in [1.54, 1.807) is 0 Å². The number of esters is 1. The predicted molar refractivity (Wildman–Crippen MR) is 132 cm³/mol. The van der Waals surface area contributed by atoms with E-state index >= 15 is 0 Å². The van der Waals surface area contributed by atoms with Gasteiger partial charge >= 0.3 is 12.1 Å². The summed E-state index contributed by atoms with van der Waals surface area (Å²) in [4.78, 5) is 47.0. The number of thioether (sulfide) groups is 2. The first-order valence-electron chi connectivity index (χ1n) is 9.20. The van der Waals surface area contributed by atoms with E-state index in [0.29, 0.717) is 9.28 Å². The number of thiocarbonyl (C=S) groups is 1. The van der Waals surface area contributed by atoms with E-state index in [0.717, 1.165) is 0 Å². The molecule has 1 saturated heterocycles. The maximum absolute atomic E-state index is 11.9. The summed E-state index contributed by atoms with van der Waals surface area (Å²) in [7, 11) is 0. The number of amides is 2. The van der Waals surface area contributed by atoms with Crippen LogP contribution in [0.25, 0.3) is 0 Å². The van der Waals surface area contributed by atoms with Crippen molar-refractivity contribution in [2.45, 2.75) is 28.2 Å². The molecule has 2 unspecified atom stereocenters. The van der Waals surface area contributed by atoms with Crippen LogP contribution in [0.4, 0.5) is 4.79 Å². The molecular formula is C17H22Cl3N3O7S3. The highest BCUT2D eigenvalue weighted by molar-refractivity contribution is 8.47. The Balaban J connectivity index is 2.34. The summed E-state index contributed by atoms with van der Waals surface area (Å²) >= 11 is 24.2. The summed E-state index contributed by atoms with van der Waals surface area (Å²) < 4.78 is 13.2. The molecule has 1 fully saturated rings. The summed E-state index contributed by atoms with van der Waals surface area (Å²) in [5.74, 6) is -2.11. The van der Waals surface area contributed by atoms with Crippen LogP contribution in [-0.2, 0) is 28.6 Å². The van der Waals surface area contributed by atoms with Crippen LogP contribution in [0, 0.1) is 5.92 Å². The van der Waals surface area contributed by atoms with E-state index in [2.05, 4.69) is 21.9 Å². The van der Waals surface area contributed by atoms with Crippen molar-refractivity contribution in [2.24, 2.45) is 11.7 Å². The first-order valence-corrected chi connectivity index (χ1v) is 12.6. The summed E-state index contributed by atoms with van der Waals surface area (Å²) in [6.45, 7) is 4.57. The molecule has 0 bridgehead atoms. The summed E-state index contributed by atoms with van der Waals surface area (Å²) in [6, 6.07) is -1.44.